The molecule has 2 atom stereocenters. The molecule has 0 spiro atoms. The molecule has 1 aliphatic rings. The molecule has 0 radical (unpaired) electrons. The average Bonchev–Trinajstić information content (AvgIpc) is 2.40. The lowest BCUT2D eigenvalue weighted by Gasteiger charge is -2.34. The van der Waals surface area contributed by atoms with Gasteiger partial charge in [0.15, 0.2) is 0 Å². The first kappa shape index (κ1) is 13.8. The molecule has 1 aromatic rings. The van der Waals surface area contributed by atoms with Crippen LogP contribution in [0.1, 0.15) is 23.7 Å². The number of hydrogen-bond donors (Lipinski definition) is 1. The average molecular weight is 267 g/mol. The number of halogens is 1. The molecule has 1 N–H and O–H groups in total. The van der Waals surface area contributed by atoms with Crippen molar-refractivity contribution in [3.05, 3.63) is 29.6 Å². The number of piperidine rings is 1. The van der Waals surface area contributed by atoms with Crippen molar-refractivity contribution in [2.24, 2.45) is 5.92 Å². The Morgan fingerprint density at radius 2 is 2.26 bits per heavy atom. The van der Waals surface area contributed by atoms with E-state index in [1.54, 1.807) is 6.07 Å². The summed E-state index contributed by atoms with van der Waals surface area (Å²) >= 11 is 0. The van der Waals surface area contributed by atoms with E-state index in [0.29, 0.717) is 13.0 Å². The zero-order chi connectivity index (χ0) is 14.0. The fourth-order valence-corrected chi connectivity index (χ4v) is 2.27. The minimum absolute atomic E-state index is 0.0632. The van der Waals surface area contributed by atoms with Crippen LogP contribution in [0.15, 0.2) is 18.2 Å². The van der Waals surface area contributed by atoms with Crippen molar-refractivity contribution >= 4 is 5.91 Å². The molecule has 1 amide bonds. The maximum atomic E-state index is 13.8. The molecule has 2 unspecified atom stereocenters. The molecular formula is C14H18FNO3. The fourth-order valence-electron chi connectivity index (χ4n) is 2.27. The van der Waals surface area contributed by atoms with Gasteiger partial charge in [0.25, 0.3) is 5.91 Å². The highest BCUT2D eigenvalue weighted by Crippen LogP contribution is 2.25. The third-order valence-electron chi connectivity index (χ3n) is 3.62. The van der Waals surface area contributed by atoms with E-state index in [2.05, 4.69) is 0 Å². The molecule has 5 heteroatoms. The van der Waals surface area contributed by atoms with Gasteiger partial charge in [-0.25, -0.2) is 4.39 Å². The predicted octanol–water partition coefficient (Wildman–Crippen LogP) is 1.68. The zero-order valence-corrected chi connectivity index (χ0v) is 11.1. The number of nitrogens with zero attached hydrogens (tertiary/aromatic N) is 1. The normalized spacial score (nSPS) is 23.3. The van der Waals surface area contributed by atoms with Crippen LogP contribution in [0.3, 0.4) is 0 Å². The standard InChI is InChI=1S/C14H18FNO3/c1-9-6-7-16(8-11(9)17)14(18)13-10(15)4-3-5-12(13)19-2/h3-5,9,11,17H,6-8H2,1-2H3. The van der Waals surface area contributed by atoms with E-state index in [1.807, 2.05) is 6.92 Å². The highest BCUT2D eigenvalue weighted by atomic mass is 19.1. The van der Waals surface area contributed by atoms with Crippen LogP contribution in [0.2, 0.25) is 0 Å². The Morgan fingerprint density at radius 3 is 2.89 bits per heavy atom. The fraction of sp³-hybridized carbons (Fsp3) is 0.500. The second kappa shape index (κ2) is 5.57. The summed E-state index contributed by atoms with van der Waals surface area (Å²) < 4.78 is 18.9. The van der Waals surface area contributed by atoms with Crippen molar-refractivity contribution < 1.29 is 19.0 Å². The third-order valence-corrected chi connectivity index (χ3v) is 3.62. The van der Waals surface area contributed by atoms with E-state index in [9.17, 15) is 14.3 Å². The van der Waals surface area contributed by atoms with Crippen LogP contribution in [0.25, 0.3) is 0 Å². The molecule has 1 fully saturated rings. The molecule has 0 aromatic heterocycles. The van der Waals surface area contributed by atoms with Crippen molar-refractivity contribution in [1.29, 1.82) is 0 Å². The van der Waals surface area contributed by atoms with Crippen molar-refractivity contribution in [2.75, 3.05) is 20.2 Å². The van der Waals surface area contributed by atoms with E-state index in [4.69, 9.17) is 4.74 Å². The number of aliphatic hydroxyl groups excluding tert-OH is 1. The maximum absolute atomic E-state index is 13.8. The molecule has 0 bridgehead atoms. The Balaban J connectivity index is 2.25. The molecule has 4 nitrogen and oxygen atoms in total. The minimum atomic E-state index is -0.600. The van der Waals surface area contributed by atoms with Crippen LogP contribution in [0.5, 0.6) is 5.75 Å². The van der Waals surface area contributed by atoms with Crippen LogP contribution in [0.4, 0.5) is 4.39 Å². The second-order valence-electron chi connectivity index (χ2n) is 4.90. The van der Waals surface area contributed by atoms with Gasteiger partial charge in [-0.1, -0.05) is 13.0 Å². The maximum Gasteiger partial charge on any atom is 0.260 e. The summed E-state index contributed by atoms with van der Waals surface area (Å²) in [7, 11) is 1.40. The van der Waals surface area contributed by atoms with E-state index >= 15 is 0 Å². The van der Waals surface area contributed by atoms with Gasteiger partial charge in [-0.05, 0) is 24.5 Å². The SMILES string of the molecule is COc1cccc(F)c1C(=O)N1CCC(C)C(O)C1. The largest absolute Gasteiger partial charge is 0.496 e. The number of hydrogen-bond acceptors (Lipinski definition) is 3. The molecular weight excluding hydrogens is 249 g/mol. The molecule has 1 aliphatic heterocycles. The highest BCUT2D eigenvalue weighted by Gasteiger charge is 2.30. The summed E-state index contributed by atoms with van der Waals surface area (Å²) in [6.07, 6.45) is 0.152. The smallest absolute Gasteiger partial charge is 0.260 e. The van der Waals surface area contributed by atoms with Gasteiger partial charge < -0.3 is 14.7 Å². The first-order valence-corrected chi connectivity index (χ1v) is 6.34. The third kappa shape index (κ3) is 2.71. The lowest BCUT2D eigenvalue weighted by molar-refractivity contribution is 0.0244. The lowest BCUT2D eigenvalue weighted by Crippen LogP contribution is -2.46. The van der Waals surface area contributed by atoms with Gasteiger partial charge in [0.2, 0.25) is 0 Å². The molecule has 1 saturated heterocycles. The number of ether oxygens (including phenoxy) is 1. The molecule has 1 aromatic carbocycles. The van der Waals surface area contributed by atoms with Crippen LogP contribution in [-0.2, 0) is 0 Å². The number of amides is 1. The van der Waals surface area contributed by atoms with Crippen LogP contribution < -0.4 is 4.74 Å². The van der Waals surface area contributed by atoms with E-state index in [1.165, 1.54) is 24.1 Å². The molecule has 19 heavy (non-hydrogen) atoms. The first-order valence-electron chi connectivity index (χ1n) is 6.34. The summed E-state index contributed by atoms with van der Waals surface area (Å²) in [6.45, 7) is 2.70. The monoisotopic (exact) mass is 267 g/mol. The first-order chi connectivity index (χ1) is 9.04. The van der Waals surface area contributed by atoms with Gasteiger partial charge in [0.05, 0.1) is 13.2 Å². The molecule has 1 heterocycles. The van der Waals surface area contributed by atoms with Crippen LogP contribution in [-0.4, -0.2) is 42.2 Å². The van der Waals surface area contributed by atoms with E-state index in [-0.39, 0.29) is 23.8 Å². The second-order valence-corrected chi connectivity index (χ2v) is 4.90. The number of carbonyl (C=O) groups excluding carboxylic acids is 1. The number of rotatable bonds is 2. The van der Waals surface area contributed by atoms with Crippen molar-refractivity contribution in [2.45, 2.75) is 19.4 Å². The summed E-state index contributed by atoms with van der Waals surface area (Å²) in [4.78, 5) is 13.8. The van der Waals surface area contributed by atoms with Gasteiger partial charge >= 0.3 is 0 Å². The van der Waals surface area contributed by atoms with Gasteiger partial charge in [-0.2, -0.15) is 0 Å². The summed E-state index contributed by atoms with van der Waals surface area (Å²) in [5, 5.41) is 9.82. The van der Waals surface area contributed by atoms with Crippen LogP contribution >= 0.6 is 0 Å². The number of carbonyl (C=O) groups is 1. The quantitative estimate of drug-likeness (QED) is 0.887. The van der Waals surface area contributed by atoms with Gasteiger partial charge in [-0.3, -0.25) is 4.79 Å². The number of methoxy groups -OCH3 is 1. The lowest BCUT2D eigenvalue weighted by atomic mass is 9.95. The van der Waals surface area contributed by atoms with Gasteiger partial charge in [0, 0.05) is 13.1 Å². The Morgan fingerprint density at radius 1 is 1.53 bits per heavy atom. The Labute approximate surface area is 111 Å². The molecule has 2 rings (SSSR count). The predicted molar refractivity (Wildman–Crippen MR) is 68.6 cm³/mol. The Bertz CT molecular complexity index is 478. The number of benzene rings is 1. The van der Waals surface area contributed by atoms with Gasteiger partial charge in [-0.15, -0.1) is 0 Å². The summed E-state index contributed by atoms with van der Waals surface area (Å²) in [5.41, 5.74) is -0.0632. The van der Waals surface area contributed by atoms with E-state index in [0.717, 1.165) is 0 Å². The summed E-state index contributed by atoms with van der Waals surface area (Å²) in [5.74, 6) is -0.650. The van der Waals surface area contributed by atoms with Crippen LogP contribution in [0, 0.1) is 11.7 Å². The topological polar surface area (TPSA) is 49.8 Å². The Kier molecular flexibility index (Phi) is 4.04. The van der Waals surface area contributed by atoms with Gasteiger partial charge in [0.1, 0.15) is 17.1 Å². The number of aliphatic hydroxyl groups is 1. The Hall–Kier alpha value is -1.62. The molecule has 0 aliphatic carbocycles. The highest BCUT2D eigenvalue weighted by molar-refractivity contribution is 5.97. The van der Waals surface area contributed by atoms with Crippen molar-refractivity contribution in [3.8, 4) is 5.75 Å². The molecule has 104 valence electrons. The van der Waals surface area contributed by atoms with Crippen molar-refractivity contribution in [3.63, 3.8) is 0 Å². The zero-order valence-electron chi connectivity index (χ0n) is 11.1. The van der Waals surface area contributed by atoms with E-state index < -0.39 is 17.8 Å². The number of likely N-dealkylation sites (tertiary alicyclic amines) is 1. The molecule has 0 saturated carbocycles. The summed E-state index contributed by atoms with van der Waals surface area (Å²) in [6, 6.07) is 4.29. The minimum Gasteiger partial charge on any atom is -0.496 e. The van der Waals surface area contributed by atoms with Crippen molar-refractivity contribution in [1.82, 2.24) is 4.90 Å². The number of β-amino-alcohol motifs (C(OH)–C–C–N with tert-alkyl or cyclic N) is 1.